The Hall–Kier alpha value is -2.60. The smallest absolute Gasteiger partial charge is 0.254 e. The van der Waals surface area contributed by atoms with Crippen LogP contribution < -0.4 is 0 Å². The molecule has 6 heteroatoms. The quantitative estimate of drug-likeness (QED) is 0.699. The normalized spacial score (nSPS) is 16.8. The van der Waals surface area contributed by atoms with Gasteiger partial charge in [0.2, 0.25) is 0 Å². The first kappa shape index (κ1) is 16.8. The van der Waals surface area contributed by atoms with Crippen molar-refractivity contribution in [2.24, 2.45) is 0 Å². The summed E-state index contributed by atoms with van der Waals surface area (Å²) in [6.45, 7) is 4.77. The average molecular weight is 364 g/mol. The second-order valence-corrected chi connectivity index (χ2v) is 7.55. The Labute approximate surface area is 156 Å². The van der Waals surface area contributed by atoms with Gasteiger partial charge in [0.25, 0.3) is 5.91 Å². The SMILES string of the molecule is Cc1cc(C(=O)N2CCCC2c2nc(C)cs2)cc(-c2cnccn2)c1. The summed E-state index contributed by atoms with van der Waals surface area (Å²) < 4.78 is 0. The molecule has 3 heterocycles. The minimum Gasteiger partial charge on any atom is -0.329 e. The van der Waals surface area contributed by atoms with Crippen molar-refractivity contribution in [3.8, 4) is 11.3 Å². The second-order valence-electron chi connectivity index (χ2n) is 6.66. The Kier molecular flexibility index (Phi) is 4.51. The van der Waals surface area contributed by atoms with E-state index in [-0.39, 0.29) is 11.9 Å². The molecule has 26 heavy (non-hydrogen) atoms. The van der Waals surface area contributed by atoms with Gasteiger partial charge in [0.05, 0.1) is 17.9 Å². The van der Waals surface area contributed by atoms with Gasteiger partial charge in [0.1, 0.15) is 5.01 Å². The molecule has 1 fully saturated rings. The summed E-state index contributed by atoms with van der Waals surface area (Å²) in [5.74, 6) is 0.0641. The van der Waals surface area contributed by atoms with Crippen LogP contribution in [0.2, 0.25) is 0 Å². The molecule has 2 aromatic heterocycles. The number of amides is 1. The van der Waals surface area contributed by atoms with Crippen molar-refractivity contribution in [2.45, 2.75) is 32.7 Å². The molecular formula is C20H20N4OS. The van der Waals surface area contributed by atoms with Crippen LogP contribution >= 0.6 is 11.3 Å². The molecule has 5 nitrogen and oxygen atoms in total. The van der Waals surface area contributed by atoms with E-state index in [0.29, 0.717) is 5.56 Å². The van der Waals surface area contributed by atoms with Gasteiger partial charge in [-0.15, -0.1) is 11.3 Å². The summed E-state index contributed by atoms with van der Waals surface area (Å²) in [7, 11) is 0. The molecule has 0 bridgehead atoms. The van der Waals surface area contributed by atoms with Gasteiger partial charge in [0, 0.05) is 41.1 Å². The van der Waals surface area contributed by atoms with Gasteiger partial charge in [-0.05, 0) is 50.5 Å². The lowest BCUT2D eigenvalue weighted by Gasteiger charge is -2.23. The van der Waals surface area contributed by atoms with Crippen LogP contribution in [0, 0.1) is 13.8 Å². The third-order valence-corrected chi connectivity index (χ3v) is 5.68. The number of likely N-dealkylation sites (tertiary alicyclic amines) is 1. The average Bonchev–Trinajstić information content (AvgIpc) is 3.30. The molecule has 0 spiro atoms. The van der Waals surface area contributed by atoms with E-state index >= 15 is 0 Å². The first-order valence-corrected chi connectivity index (χ1v) is 9.61. The topological polar surface area (TPSA) is 59.0 Å². The van der Waals surface area contributed by atoms with E-state index in [9.17, 15) is 4.79 Å². The fourth-order valence-electron chi connectivity index (χ4n) is 3.46. The maximum absolute atomic E-state index is 13.2. The highest BCUT2D eigenvalue weighted by atomic mass is 32.1. The Bertz CT molecular complexity index is 938. The maximum atomic E-state index is 13.2. The summed E-state index contributed by atoms with van der Waals surface area (Å²) in [5.41, 5.74) is 4.45. The summed E-state index contributed by atoms with van der Waals surface area (Å²) in [6, 6.07) is 5.99. The fourth-order valence-corrected chi connectivity index (χ4v) is 4.40. The van der Waals surface area contributed by atoms with Crippen LogP contribution in [-0.2, 0) is 0 Å². The predicted molar refractivity (Wildman–Crippen MR) is 102 cm³/mol. The number of benzene rings is 1. The van der Waals surface area contributed by atoms with Crippen LogP contribution in [0.3, 0.4) is 0 Å². The van der Waals surface area contributed by atoms with Crippen molar-refractivity contribution in [3.05, 3.63) is 64.0 Å². The number of nitrogens with zero attached hydrogens (tertiary/aromatic N) is 4. The van der Waals surface area contributed by atoms with E-state index in [4.69, 9.17) is 0 Å². The molecule has 4 rings (SSSR count). The van der Waals surface area contributed by atoms with Crippen molar-refractivity contribution in [1.82, 2.24) is 19.9 Å². The number of hydrogen-bond acceptors (Lipinski definition) is 5. The van der Waals surface area contributed by atoms with Gasteiger partial charge < -0.3 is 4.90 Å². The van der Waals surface area contributed by atoms with Crippen molar-refractivity contribution in [2.75, 3.05) is 6.54 Å². The van der Waals surface area contributed by atoms with Crippen LogP contribution in [0.4, 0.5) is 0 Å². The van der Waals surface area contributed by atoms with E-state index in [1.807, 2.05) is 36.9 Å². The van der Waals surface area contributed by atoms with Crippen LogP contribution in [-0.4, -0.2) is 32.3 Å². The molecule has 1 saturated heterocycles. The number of carbonyl (C=O) groups excluding carboxylic acids is 1. The fraction of sp³-hybridized carbons (Fsp3) is 0.300. The largest absolute Gasteiger partial charge is 0.329 e. The first-order valence-electron chi connectivity index (χ1n) is 8.73. The number of thiazole rings is 1. The Morgan fingerprint density at radius 3 is 2.85 bits per heavy atom. The van der Waals surface area contributed by atoms with Crippen LogP contribution in [0.25, 0.3) is 11.3 Å². The zero-order chi connectivity index (χ0) is 18.1. The highest BCUT2D eigenvalue weighted by Gasteiger charge is 2.32. The molecule has 132 valence electrons. The van der Waals surface area contributed by atoms with Crippen LogP contribution in [0.1, 0.15) is 45.5 Å². The molecule has 1 atom stereocenters. The van der Waals surface area contributed by atoms with E-state index < -0.39 is 0 Å². The van der Waals surface area contributed by atoms with Gasteiger partial charge >= 0.3 is 0 Å². The lowest BCUT2D eigenvalue weighted by atomic mass is 10.0. The number of carbonyl (C=O) groups is 1. The lowest BCUT2D eigenvalue weighted by molar-refractivity contribution is 0.0735. The van der Waals surface area contributed by atoms with Crippen molar-refractivity contribution in [3.63, 3.8) is 0 Å². The Morgan fingerprint density at radius 2 is 2.12 bits per heavy atom. The minimum absolute atomic E-state index is 0.0641. The third-order valence-electron chi connectivity index (χ3n) is 4.62. The number of rotatable bonds is 3. The molecule has 1 aliphatic heterocycles. The van der Waals surface area contributed by atoms with Gasteiger partial charge in [-0.1, -0.05) is 0 Å². The molecule has 1 amide bonds. The van der Waals surface area contributed by atoms with Gasteiger partial charge in [-0.3, -0.25) is 14.8 Å². The summed E-state index contributed by atoms with van der Waals surface area (Å²) in [4.78, 5) is 28.3. The summed E-state index contributed by atoms with van der Waals surface area (Å²) in [5, 5.41) is 3.09. The lowest BCUT2D eigenvalue weighted by Crippen LogP contribution is -2.30. The highest BCUT2D eigenvalue weighted by molar-refractivity contribution is 7.09. The molecule has 1 unspecified atom stereocenters. The predicted octanol–water partition coefficient (Wildman–Crippen LogP) is 4.19. The number of hydrogen-bond donors (Lipinski definition) is 0. The van der Waals surface area contributed by atoms with Crippen LogP contribution in [0.5, 0.6) is 0 Å². The molecule has 1 aromatic carbocycles. The van der Waals surface area contributed by atoms with E-state index in [1.165, 1.54) is 0 Å². The molecule has 0 N–H and O–H groups in total. The maximum Gasteiger partial charge on any atom is 0.254 e. The minimum atomic E-state index is 0.0641. The van der Waals surface area contributed by atoms with Crippen molar-refractivity contribution < 1.29 is 4.79 Å². The third kappa shape index (κ3) is 3.24. The second kappa shape index (κ2) is 6.96. The van der Waals surface area contributed by atoms with Gasteiger partial charge in [-0.25, -0.2) is 4.98 Å². The van der Waals surface area contributed by atoms with Crippen molar-refractivity contribution >= 4 is 17.2 Å². The number of aryl methyl sites for hydroxylation is 2. The summed E-state index contributed by atoms with van der Waals surface area (Å²) in [6.07, 6.45) is 7.02. The number of aromatic nitrogens is 3. The highest BCUT2D eigenvalue weighted by Crippen LogP contribution is 2.35. The van der Waals surface area contributed by atoms with E-state index in [0.717, 1.165) is 46.9 Å². The van der Waals surface area contributed by atoms with Gasteiger partial charge in [0.15, 0.2) is 0 Å². The van der Waals surface area contributed by atoms with Gasteiger partial charge in [-0.2, -0.15) is 0 Å². The first-order chi connectivity index (χ1) is 12.6. The standard InChI is InChI=1S/C20H20N4OS/c1-13-8-15(17-11-21-5-6-22-17)10-16(9-13)20(25)24-7-3-4-18(24)19-23-14(2)12-26-19/h5-6,8-12,18H,3-4,7H2,1-2H3. The van der Waals surface area contributed by atoms with Crippen molar-refractivity contribution in [1.29, 1.82) is 0 Å². The molecule has 0 saturated carbocycles. The monoisotopic (exact) mass is 364 g/mol. The van der Waals surface area contributed by atoms with Crippen LogP contribution in [0.15, 0.2) is 42.2 Å². The molecule has 0 aliphatic carbocycles. The van der Waals surface area contributed by atoms with E-state index in [1.54, 1.807) is 29.9 Å². The Balaban J connectivity index is 1.66. The summed E-state index contributed by atoms with van der Waals surface area (Å²) >= 11 is 1.64. The Morgan fingerprint density at radius 1 is 1.23 bits per heavy atom. The molecule has 3 aromatic rings. The zero-order valence-electron chi connectivity index (χ0n) is 14.8. The van der Waals surface area contributed by atoms with E-state index in [2.05, 4.69) is 20.3 Å². The molecular weight excluding hydrogens is 344 g/mol. The zero-order valence-corrected chi connectivity index (χ0v) is 15.7. The molecule has 0 radical (unpaired) electrons. The molecule has 1 aliphatic rings.